The second-order valence-electron chi connectivity index (χ2n) is 10.3. The van der Waals surface area contributed by atoms with Gasteiger partial charge in [-0.25, -0.2) is 0 Å². The van der Waals surface area contributed by atoms with E-state index in [0.29, 0.717) is 5.46 Å². The maximum absolute atomic E-state index is 10.2. The fourth-order valence-electron chi connectivity index (χ4n) is 5.25. The average Bonchev–Trinajstić information content (AvgIpc) is 2.99. The average molecular weight is 526 g/mol. The summed E-state index contributed by atoms with van der Waals surface area (Å²) in [6, 6.07) is 41.9. The molecule has 5 aromatic carbocycles. The van der Waals surface area contributed by atoms with Gasteiger partial charge in [-0.15, -0.1) is 0 Å². The summed E-state index contributed by atoms with van der Waals surface area (Å²) in [5.41, 5.74) is 10.4. The Morgan fingerprint density at radius 3 is 1.25 bits per heavy atom. The van der Waals surface area contributed by atoms with E-state index in [-0.39, 0.29) is 0 Å². The van der Waals surface area contributed by atoms with Crippen molar-refractivity contribution in [1.29, 1.82) is 0 Å². The Morgan fingerprint density at radius 1 is 0.500 bits per heavy atom. The normalized spacial score (nSPS) is 10.9. The monoisotopic (exact) mass is 525 g/mol. The van der Waals surface area contributed by atoms with E-state index in [1.54, 1.807) is 6.07 Å². The zero-order valence-corrected chi connectivity index (χ0v) is 23.3. The van der Waals surface area contributed by atoms with E-state index in [0.717, 1.165) is 53.9 Å². The fraction of sp³-hybridized carbons (Fsp3) is 0.167. The third-order valence-corrected chi connectivity index (χ3v) is 7.36. The molecule has 0 aliphatic carbocycles. The van der Waals surface area contributed by atoms with E-state index in [1.807, 2.05) is 18.2 Å². The molecule has 0 amide bonds. The van der Waals surface area contributed by atoms with Crippen LogP contribution in [0.2, 0.25) is 0 Å². The van der Waals surface area contributed by atoms with E-state index in [1.165, 1.54) is 22.3 Å². The maximum atomic E-state index is 10.2. The lowest BCUT2D eigenvalue weighted by Gasteiger charge is -2.28. The van der Waals surface area contributed by atoms with Crippen LogP contribution in [-0.4, -0.2) is 17.2 Å². The molecule has 0 aliphatic rings. The Balaban J connectivity index is 1.50. The van der Waals surface area contributed by atoms with Gasteiger partial charge in [0.1, 0.15) is 0 Å². The third-order valence-electron chi connectivity index (χ3n) is 7.36. The van der Waals surface area contributed by atoms with Crippen molar-refractivity contribution in [3.63, 3.8) is 0 Å². The topological polar surface area (TPSA) is 43.7 Å². The molecule has 5 aromatic rings. The summed E-state index contributed by atoms with van der Waals surface area (Å²) in [4.78, 5) is 2.08. The second-order valence-corrected chi connectivity index (χ2v) is 10.3. The van der Waals surface area contributed by atoms with Crippen molar-refractivity contribution in [2.75, 3.05) is 4.90 Å². The highest BCUT2D eigenvalue weighted by atomic mass is 16.4. The summed E-state index contributed by atoms with van der Waals surface area (Å²) in [5, 5.41) is 20.4. The third kappa shape index (κ3) is 6.20. The smallest absolute Gasteiger partial charge is 0.423 e. The van der Waals surface area contributed by atoms with Crippen molar-refractivity contribution < 1.29 is 10.0 Å². The minimum atomic E-state index is -1.58. The van der Waals surface area contributed by atoms with Crippen LogP contribution < -0.4 is 10.4 Å². The van der Waals surface area contributed by atoms with Gasteiger partial charge < -0.3 is 14.9 Å². The molecule has 2 N–H and O–H groups in total. The van der Waals surface area contributed by atoms with Crippen molar-refractivity contribution in [3.8, 4) is 22.3 Å². The van der Waals surface area contributed by atoms with Gasteiger partial charge in [-0.1, -0.05) is 118 Å². The molecule has 0 atom stereocenters. The van der Waals surface area contributed by atoms with Gasteiger partial charge in [-0.05, 0) is 76.6 Å². The summed E-state index contributed by atoms with van der Waals surface area (Å²) >= 11 is 0. The molecule has 5 rings (SSSR count). The van der Waals surface area contributed by atoms with E-state index in [4.69, 9.17) is 0 Å². The molecule has 0 unspecified atom stereocenters. The van der Waals surface area contributed by atoms with Crippen molar-refractivity contribution in [3.05, 3.63) is 132 Å². The molecule has 0 bridgehead atoms. The van der Waals surface area contributed by atoms with Crippen molar-refractivity contribution >= 4 is 29.6 Å². The number of rotatable bonds is 10. The molecule has 0 saturated carbocycles. The second kappa shape index (κ2) is 12.8. The van der Waals surface area contributed by atoms with Gasteiger partial charge in [-0.2, -0.15) is 0 Å². The molecule has 0 radical (unpaired) electrons. The predicted molar refractivity (Wildman–Crippen MR) is 170 cm³/mol. The molecule has 40 heavy (non-hydrogen) atoms. The van der Waals surface area contributed by atoms with E-state index in [9.17, 15) is 10.0 Å². The van der Waals surface area contributed by atoms with Crippen LogP contribution in [-0.2, 0) is 12.8 Å². The molecule has 200 valence electrons. The number of hydrogen-bond donors (Lipinski definition) is 2. The Bertz CT molecular complexity index is 1420. The number of benzene rings is 5. The van der Waals surface area contributed by atoms with Crippen LogP contribution in [0.25, 0.3) is 22.3 Å². The molecule has 0 aliphatic heterocycles. The van der Waals surface area contributed by atoms with Crippen LogP contribution in [0.4, 0.5) is 17.1 Å². The summed E-state index contributed by atoms with van der Waals surface area (Å²) in [6.07, 6.45) is 4.46. The minimum absolute atomic E-state index is 0.452. The molecule has 0 heterocycles. The maximum Gasteiger partial charge on any atom is 0.490 e. The first-order valence-electron chi connectivity index (χ1n) is 14.2. The van der Waals surface area contributed by atoms with Crippen LogP contribution in [0, 0.1) is 0 Å². The molecular formula is C36H36BNO2. The Hall–Kier alpha value is -4.12. The Morgan fingerprint density at radius 2 is 0.875 bits per heavy atom. The van der Waals surface area contributed by atoms with Gasteiger partial charge in [0.05, 0.1) is 0 Å². The lowest BCUT2D eigenvalue weighted by Crippen LogP contribution is -2.34. The number of aryl methyl sites for hydroxylation is 2. The number of nitrogens with zero attached hydrogens (tertiary/aromatic N) is 1. The first-order valence-corrected chi connectivity index (χ1v) is 14.2. The van der Waals surface area contributed by atoms with Crippen molar-refractivity contribution in [1.82, 2.24) is 0 Å². The highest BCUT2D eigenvalue weighted by Gasteiger charge is 2.22. The first-order chi connectivity index (χ1) is 19.6. The summed E-state index contributed by atoms with van der Waals surface area (Å²) in [7, 11) is -1.58. The van der Waals surface area contributed by atoms with Crippen LogP contribution in [0.15, 0.2) is 121 Å². The summed E-state index contributed by atoms with van der Waals surface area (Å²) in [5.74, 6) is 0. The van der Waals surface area contributed by atoms with Gasteiger partial charge in [0, 0.05) is 22.5 Å². The highest BCUT2D eigenvalue weighted by Crippen LogP contribution is 2.36. The zero-order valence-electron chi connectivity index (χ0n) is 23.3. The Labute approximate surface area is 238 Å². The Kier molecular flexibility index (Phi) is 8.80. The van der Waals surface area contributed by atoms with Gasteiger partial charge in [-0.3, -0.25) is 0 Å². The lowest BCUT2D eigenvalue weighted by molar-refractivity contribution is 0.426. The predicted octanol–water partition coefficient (Wildman–Crippen LogP) is 8.08. The van der Waals surface area contributed by atoms with Gasteiger partial charge >= 0.3 is 7.12 Å². The molecule has 0 fully saturated rings. The van der Waals surface area contributed by atoms with Gasteiger partial charge in [0.25, 0.3) is 0 Å². The van der Waals surface area contributed by atoms with E-state index < -0.39 is 7.12 Å². The van der Waals surface area contributed by atoms with E-state index >= 15 is 0 Å². The highest BCUT2D eigenvalue weighted by molar-refractivity contribution is 6.60. The largest absolute Gasteiger partial charge is 0.490 e. The quantitative estimate of drug-likeness (QED) is 0.181. The van der Waals surface area contributed by atoms with Crippen LogP contribution in [0.5, 0.6) is 0 Å². The molecule has 0 saturated heterocycles. The SMILES string of the molecule is CCCc1ccc(-c2ccc(N(c3ccc(-c4ccc(CCC)cc4)cc3)c3ccccc3B(O)O)cc2)cc1. The minimum Gasteiger partial charge on any atom is -0.423 e. The number of para-hydroxylation sites is 1. The van der Waals surface area contributed by atoms with Crippen molar-refractivity contribution in [2.24, 2.45) is 0 Å². The standard InChI is InChI=1S/C36H36BNO2/c1-3-7-27-11-15-29(16-12-27)31-19-23-33(24-20-31)38(36-10-6-5-9-35(36)37(39)40)34-25-21-32(22-26-34)30-17-13-28(8-4-2)14-18-30/h5-6,9-26,39-40H,3-4,7-8H2,1-2H3. The summed E-state index contributed by atoms with van der Waals surface area (Å²) in [6.45, 7) is 4.40. The van der Waals surface area contributed by atoms with E-state index in [2.05, 4.69) is 116 Å². The van der Waals surface area contributed by atoms with Gasteiger partial charge in [0.2, 0.25) is 0 Å². The lowest BCUT2D eigenvalue weighted by atomic mass is 9.78. The summed E-state index contributed by atoms with van der Waals surface area (Å²) < 4.78 is 0. The fourth-order valence-corrected chi connectivity index (χ4v) is 5.25. The zero-order chi connectivity index (χ0) is 27.9. The molecule has 0 aromatic heterocycles. The van der Waals surface area contributed by atoms with Crippen LogP contribution in [0.3, 0.4) is 0 Å². The molecule has 3 nitrogen and oxygen atoms in total. The van der Waals surface area contributed by atoms with Crippen LogP contribution >= 0.6 is 0 Å². The number of anilines is 3. The van der Waals surface area contributed by atoms with Gasteiger partial charge in [0.15, 0.2) is 0 Å². The number of hydrogen-bond acceptors (Lipinski definition) is 3. The molecule has 4 heteroatoms. The van der Waals surface area contributed by atoms with Crippen LogP contribution in [0.1, 0.15) is 37.8 Å². The molecule has 0 spiro atoms. The first kappa shape index (κ1) is 27.5. The molecular weight excluding hydrogens is 489 g/mol. The van der Waals surface area contributed by atoms with Crippen molar-refractivity contribution in [2.45, 2.75) is 39.5 Å².